The summed E-state index contributed by atoms with van der Waals surface area (Å²) in [5, 5.41) is 5.21. The van der Waals surface area contributed by atoms with Crippen molar-refractivity contribution in [3.63, 3.8) is 0 Å². The molecule has 6 heteroatoms. The Balaban J connectivity index is 1.81. The van der Waals surface area contributed by atoms with Gasteiger partial charge in [0.2, 0.25) is 5.82 Å². The summed E-state index contributed by atoms with van der Waals surface area (Å²) in [6, 6.07) is 12.8. The number of aromatic nitrogens is 2. The monoisotopic (exact) mass is 348 g/mol. The van der Waals surface area contributed by atoms with Crippen LogP contribution in [0.3, 0.4) is 0 Å². The Morgan fingerprint density at radius 2 is 1.91 bits per heavy atom. The summed E-state index contributed by atoms with van der Waals surface area (Å²) >= 11 is 12.1. The van der Waals surface area contributed by atoms with Gasteiger partial charge >= 0.3 is 0 Å². The first kappa shape index (κ1) is 15.8. The molecule has 1 unspecified atom stereocenters. The molecule has 0 spiro atoms. The Labute approximate surface area is 144 Å². The molecule has 3 rings (SSSR count). The summed E-state index contributed by atoms with van der Waals surface area (Å²) < 4.78 is 11.2. The molecular weight excluding hydrogens is 335 g/mol. The molecule has 0 saturated heterocycles. The van der Waals surface area contributed by atoms with Gasteiger partial charge < -0.3 is 9.26 Å². The largest absolute Gasteiger partial charge is 0.481 e. The van der Waals surface area contributed by atoms with E-state index in [2.05, 4.69) is 10.1 Å². The summed E-state index contributed by atoms with van der Waals surface area (Å²) in [5.74, 6) is 1.54. The van der Waals surface area contributed by atoms with Gasteiger partial charge in [-0.25, -0.2) is 0 Å². The van der Waals surface area contributed by atoms with E-state index in [9.17, 15) is 0 Å². The zero-order valence-corrected chi connectivity index (χ0v) is 14.1. The molecule has 118 valence electrons. The molecule has 0 amide bonds. The number of aryl methyl sites for hydroxylation is 1. The van der Waals surface area contributed by atoms with Crippen molar-refractivity contribution in [1.82, 2.24) is 10.1 Å². The van der Waals surface area contributed by atoms with Crippen LogP contribution in [0, 0.1) is 6.92 Å². The first-order chi connectivity index (χ1) is 11.0. The molecule has 1 atom stereocenters. The van der Waals surface area contributed by atoms with Gasteiger partial charge in [0.05, 0.1) is 5.02 Å². The molecule has 0 aliphatic carbocycles. The highest BCUT2D eigenvalue weighted by Crippen LogP contribution is 2.29. The highest BCUT2D eigenvalue weighted by Gasteiger charge is 2.18. The molecule has 0 aliphatic rings. The molecule has 0 fully saturated rings. The Kier molecular flexibility index (Phi) is 4.55. The average molecular weight is 349 g/mol. The van der Waals surface area contributed by atoms with E-state index in [1.165, 1.54) is 0 Å². The smallest absolute Gasteiger partial charge is 0.267 e. The quantitative estimate of drug-likeness (QED) is 0.625. The van der Waals surface area contributed by atoms with Crippen molar-refractivity contribution in [3.8, 4) is 17.1 Å². The Morgan fingerprint density at radius 3 is 2.65 bits per heavy atom. The van der Waals surface area contributed by atoms with Gasteiger partial charge in [-0.3, -0.25) is 0 Å². The Morgan fingerprint density at radius 1 is 1.13 bits per heavy atom. The number of rotatable bonds is 4. The van der Waals surface area contributed by atoms with Crippen LogP contribution >= 0.6 is 23.2 Å². The van der Waals surface area contributed by atoms with E-state index >= 15 is 0 Å². The fraction of sp³-hybridized carbons (Fsp3) is 0.176. The van der Waals surface area contributed by atoms with E-state index < -0.39 is 6.10 Å². The predicted molar refractivity (Wildman–Crippen MR) is 90.0 cm³/mol. The van der Waals surface area contributed by atoms with Crippen molar-refractivity contribution >= 4 is 23.2 Å². The van der Waals surface area contributed by atoms with Crippen LogP contribution in [-0.2, 0) is 0 Å². The normalized spacial score (nSPS) is 12.2. The molecule has 1 heterocycles. The van der Waals surface area contributed by atoms with Gasteiger partial charge in [0.1, 0.15) is 5.75 Å². The molecule has 3 aromatic rings. The molecule has 0 aliphatic heterocycles. The lowest BCUT2D eigenvalue weighted by atomic mass is 10.2. The van der Waals surface area contributed by atoms with Gasteiger partial charge in [-0.05, 0) is 49.7 Å². The average Bonchev–Trinajstić information content (AvgIpc) is 3.00. The fourth-order valence-electron chi connectivity index (χ4n) is 2.14. The summed E-state index contributed by atoms with van der Waals surface area (Å²) in [4.78, 5) is 4.37. The van der Waals surface area contributed by atoms with Crippen LogP contribution in [0.2, 0.25) is 10.0 Å². The third kappa shape index (κ3) is 3.49. The van der Waals surface area contributed by atoms with Crippen molar-refractivity contribution in [1.29, 1.82) is 0 Å². The number of halogens is 2. The molecule has 2 aromatic carbocycles. The van der Waals surface area contributed by atoms with Crippen molar-refractivity contribution < 1.29 is 9.26 Å². The van der Waals surface area contributed by atoms with Crippen LogP contribution in [0.15, 0.2) is 47.0 Å². The number of benzene rings is 2. The molecule has 23 heavy (non-hydrogen) atoms. The second kappa shape index (κ2) is 6.60. The lowest BCUT2D eigenvalue weighted by Crippen LogP contribution is -2.04. The fourth-order valence-corrected chi connectivity index (χ4v) is 2.59. The molecule has 0 N–H and O–H groups in total. The minimum absolute atomic E-state index is 0.384. The first-order valence-electron chi connectivity index (χ1n) is 7.06. The zero-order chi connectivity index (χ0) is 16.4. The molecule has 1 aromatic heterocycles. The topological polar surface area (TPSA) is 48.2 Å². The van der Waals surface area contributed by atoms with E-state index in [-0.39, 0.29) is 0 Å². The third-order valence-electron chi connectivity index (χ3n) is 3.34. The summed E-state index contributed by atoms with van der Waals surface area (Å²) in [5.41, 5.74) is 1.66. The standard InChI is InChI=1S/C17H14Cl2N2O2/c1-10-9-12(18)7-8-15(10)22-11(2)17-20-16(21-23-17)13-5-3-4-6-14(13)19/h3-9,11H,1-2H3. The van der Waals surface area contributed by atoms with Crippen molar-refractivity contribution in [2.75, 3.05) is 0 Å². The van der Waals surface area contributed by atoms with Gasteiger partial charge in [0.25, 0.3) is 5.89 Å². The van der Waals surface area contributed by atoms with Crippen molar-refractivity contribution in [3.05, 3.63) is 64.0 Å². The molecular formula is C17H14Cl2N2O2. The highest BCUT2D eigenvalue weighted by molar-refractivity contribution is 6.33. The maximum Gasteiger partial charge on any atom is 0.267 e. The second-order valence-corrected chi connectivity index (χ2v) is 5.95. The van der Waals surface area contributed by atoms with Gasteiger partial charge in [0, 0.05) is 10.6 Å². The van der Waals surface area contributed by atoms with Gasteiger partial charge in [-0.2, -0.15) is 4.98 Å². The first-order valence-corrected chi connectivity index (χ1v) is 7.81. The number of hydrogen-bond acceptors (Lipinski definition) is 4. The minimum atomic E-state index is -0.390. The second-order valence-electron chi connectivity index (χ2n) is 5.11. The molecule has 0 bridgehead atoms. The number of nitrogens with zero attached hydrogens (tertiary/aromatic N) is 2. The van der Waals surface area contributed by atoms with Crippen LogP contribution in [0.4, 0.5) is 0 Å². The number of ether oxygens (including phenoxy) is 1. The van der Waals surface area contributed by atoms with Crippen LogP contribution in [0.5, 0.6) is 5.75 Å². The molecule has 4 nitrogen and oxygen atoms in total. The minimum Gasteiger partial charge on any atom is -0.481 e. The molecule has 0 radical (unpaired) electrons. The summed E-state index contributed by atoms with van der Waals surface area (Å²) in [6.45, 7) is 3.77. The van der Waals surface area contributed by atoms with Crippen molar-refractivity contribution in [2.45, 2.75) is 20.0 Å². The Bertz CT molecular complexity index is 833. The van der Waals surface area contributed by atoms with E-state index in [1.807, 2.05) is 44.2 Å². The van der Waals surface area contributed by atoms with E-state index in [4.69, 9.17) is 32.5 Å². The van der Waals surface area contributed by atoms with Gasteiger partial charge in [0.15, 0.2) is 6.10 Å². The SMILES string of the molecule is Cc1cc(Cl)ccc1OC(C)c1nc(-c2ccccc2Cl)no1. The van der Waals surface area contributed by atoms with Crippen molar-refractivity contribution in [2.24, 2.45) is 0 Å². The maximum absolute atomic E-state index is 6.15. The van der Waals surface area contributed by atoms with E-state index in [0.29, 0.717) is 21.8 Å². The number of hydrogen-bond donors (Lipinski definition) is 0. The predicted octanol–water partition coefficient (Wildman–Crippen LogP) is 5.49. The van der Waals surface area contributed by atoms with Crippen LogP contribution in [-0.4, -0.2) is 10.1 Å². The van der Waals surface area contributed by atoms with E-state index in [1.54, 1.807) is 12.1 Å². The third-order valence-corrected chi connectivity index (χ3v) is 3.91. The lowest BCUT2D eigenvalue weighted by Gasteiger charge is -2.13. The Hall–Kier alpha value is -2.04. The lowest BCUT2D eigenvalue weighted by molar-refractivity contribution is 0.175. The van der Waals surface area contributed by atoms with Crippen LogP contribution in [0.1, 0.15) is 24.5 Å². The molecule has 0 saturated carbocycles. The van der Waals surface area contributed by atoms with Gasteiger partial charge in [-0.15, -0.1) is 0 Å². The zero-order valence-electron chi connectivity index (χ0n) is 12.6. The van der Waals surface area contributed by atoms with E-state index in [0.717, 1.165) is 16.9 Å². The van der Waals surface area contributed by atoms with Crippen LogP contribution in [0.25, 0.3) is 11.4 Å². The van der Waals surface area contributed by atoms with Crippen LogP contribution < -0.4 is 4.74 Å². The summed E-state index contributed by atoms with van der Waals surface area (Å²) in [7, 11) is 0. The maximum atomic E-state index is 6.15. The van der Waals surface area contributed by atoms with Gasteiger partial charge in [-0.1, -0.05) is 40.5 Å². The highest BCUT2D eigenvalue weighted by atomic mass is 35.5. The summed E-state index contributed by atoms with van der Waals surface area (Å²) in [6.07, 6.45) is -0.390.